The molecule has 46 valence electrons. The molecule has 1 heterocycles. The van der Waals surface area contributed by atoms with Crippen LogP contribution in [0.25, 0.3) is 0 Å². The third-order valence-electron chi connectivity index (χ3n) is 0.971. The monoisotopic (exact) mass is 132 g/mol. The van der Waals surface area contributed by atoms with E-state index in [2.05, 4.69) is 4.40 Å². The highest BCUT2D eigenvalue weighted by Crippen LogP contribution is 2.05. The third-order valence-corrected chi connectivity index (χ3v) is 2.05. The Labute approximate surface area is 51.3 Å². The summed E-state index contributed by atoms with van der Waals surface area (Å²) in [5.74, 6) is 1.22. The molecule has 0 saturated heterocycles. The Balaban J connectivity index is 2.50. The van der Waals surface area contributed by atoms with E-state index < -0.39 is 11.4 Å². The van der Waals surface area contributed by atoms with Crippen LogP contribution in [0.2, 0.25) is 0 Å². The van der Waals surface area contributed by atoms with Crippen LogP contribution in [0.3, 0.4) is 0 Å². The Bertz CT molecular complexity index is 115. The van der Waals surface area contributed by atoms with Crippen molar-refractivity contribution in [3.8, 4) is 0 Å². The minimum Gasteiger partial charge on any atom is -0.591 e. The Morgan fingerprint density at radius 2 is 2.50 bits per heavy atom. The van der Waals surface area contributed by atoms with Crippen LogP contribution in [0, 0.1) is 0 Å². The van der Waals surface area contributed by atoms with Crippen molar-refractivity contribution in [2.75, 3.05) is 5.75 Å². The summed E-state index contributed by atoms with van der Waals surface area (Å²) < 4.78 is 14.2. The maximum absolute atomic E-state index is 10.5. The van der Waals surface area contributed by atoms with E-state index in [4.69, 9.17) is 5.73 Å². The minimum atomic E-state index is -1.01. The second-order valence-corrected chi connectivity index (χ2v) is 2.95. The highest BCUT2D eigenvalue weighted by Gasteiger charge is 2.12. The third kappa shape index (κ3) is 1.38. The average molecular weight is 132 g/mol. The van der Waals surface area contributed by atoms with Crippen LogP contribution in [-0.2, 0) is 11.4 Å². The first kappa shape index (κ1) is 5.91. The maximum atomic E-state index is 10.5. The molecule has 3 nitrogen and oxygen atoms in total. The van der Waals surface area contributed by atoms with Crippen LogP contribution in [0.4, 0.5) is 0 Å². The fraction of sp³-hybridized carbons (Fsp3) is 0.750. The highest BCUT2D eigenvalue weighted by atomic mass is 32.2. The lowest BCUT2D eigenvalue weighted by Crippen LogP contribution is -2.21. The summed E-state index contributed by atoms with van der Waals surface area (Å²) >= 11 is -1.01. The molecule has 0 aromatic heterocycles. The molecule has 0 aromatic carbocycles. The fourth-order valence-corrected chi connectivity index (χ4v) is 1.43. The first-order chi connectivity index (χ1) is 3.79. The molecule has 8 heavy (non-hydrogen) atoms. The second-order valence-electron chi connectivity index (χ2n) is 1.71. The number of rotatable bonds is 0. The van der Waals surface area contributed by atoms with E-state index in [0.29, 0.717) is 11.6 Å². The molecule has 0 spiro atoms. The molecule has 0 radical (unpaired) electrons. The van der Waals surface area contributed by atoms with E-state index in [9.17, 15) is 4.55 Å². The van der Waals surface area contributed by atoms with Crippen LogP contribution < -0.4 is 5.73 Å². The maximum Gasteiger partial charge on any atom is 0.151 e. The van der Waals surface area contributed by atoms with E-state index in [1.54, 1.807) is 0 Å². The van der Waals surface area contributed by atoms with Gasteiger partial charge in [0.15, 0.2) is 5.84 Å². The quantitative estimate of drug-likeness (QED) is 0.464. The molecule has 0 saturated carbocycles. The van der Waals surface area contributed by atoms with Crippen molar-refractivity contribution in [1.29, 1.82) is 0 Å². The van der Waals surface area contributed by atoms with Gasteiger partial charge in [-0.3, -0.25) is 0 Å². The van der Waals surface area contributed by atoms with Crippen LogP contribution >= 0.6 is 0 Å². The predicted molar refractivity (Wildman–Crippen MR) is 33.9 cm³/mol. The Kier molecular flexibility index (Phi) is 1.75. The van der Waals surface area contributed by atoms with E-state index in [0.717, 1.165) is 12.8 Å². The summed E-state index contributed by atoms with van der Waals surface area (Å²) in [6, 6.07) is 0. The zero-order chi connectivity index (χ0) is 5.98. The molecule has 2 N–H and O–H groups in total. The summed E-state index contributed by atoms with van der Waals surface area (Å²) in [7, 11) is 0. The van der Waals surface area contributed by atoms with Crippen molar-refractivity contribution >= 4 is 17.2 Å². The van der Waals surface area contributed by atoms with Crippen LogP contribution in [0.1, 0.15) is 12.8 Å². The van der Waals surface area contributed by atoms with Gasteiger partial charge in [-0.2, -0.15) is 0 Å². The van der Waals surface area contributed by atoms with Gasteiger partial charge in [-0.25, -0.2) is 0 Å². The summed E-state index contributed by atoms with van der Waals surface area (Å²) in [6.07, 6.45) is 1.73. The molecular formula is C4H8N2OS. The van der Waals surface area contributed by atoms with E-state index in [-0.39, 0.29) is 0 Å². The standard InChI is InChI=1S/C4H8N2OS/c5-4-2-1-3-8(7)6-4/h1-3H2,(H2,5,6). The first-order valence-corrected chi connectivity index (χ1v) is 3.78. The average Bonchev–Trinajstić information content (AvgIpc) is 1.64. The topological polar surface area (TPSA) is 61.4 Å². The van der Waals surface area contributed by atoms with Gasteiger partial charge in [0.05, 0.1) is 11.4 Å². The predicted octanol–water partition coefficient (Wildman–Crippen LogP) is -0.199. The molecule has 4 heteroatoms. The van der Waals surface area contributed by atoms with E-state index >= 15 is 0 Å². The lowest BCUT2D eigenvalue weighted by Gasteiger charge is -2.08. The SMILES string of the molecule is NC1=N[S+]([O-])CCC1. The molecule has 1 aliphatic heterocycles. The normalized spacial score (nSPS) is 29.6. The molecule has 0 bridgehead atoms. The molecule has 1 rings (SSSR count). The number of nitrogens with two attached hydrogens (primary N) is 1. The molecule has 0 amide bonds. The number of hydrogen-bond donors (Lipinski definition) is 1. The molecule has 1 atom stereocenters. The lowest BCUT2D eigenvalue weighted by atomic mass is 10.3. The fourth-order valence-electron chi connectivity index (χ4n) is 0.599. The van der Waals surface area contributed by atoms with Crippen molar-refractivity contribution in [1.82, 2.24) is 0 Å². The summed E-state index contributed by atoms with van der Waals surface area (Å²) in [4.78, 5) is 0. The van der Waals surface area contributed by atoms with Crippen molar-refractivity contribution in [3.63, 3.8) is 0 Å². The van der Waals surface area contributed by atoms with Gasteiger partial charge in [-0.1, -0.05) is 0 Å². The van der Waals surface area contributed by atoms with E-state index in [1.807, 2.05) is 0 Å². The molecule has 1 unspecified atom stereocenters. The summed E-state index contributed by atoms with van der Waals surface area (Å²) in [5.41, 5.74) is 5.28. The summed E-state index contributed by atoms with van der Waals surface area (Å²) in [5, 5.41) is 0. The molecule has 1 aliphatic rings. The first-order valence-electron chi connectivity index (χ1n) is 2.50. The molecule has 0 aliphatic carbocycles. The van der Waals surface area contributed by atoms with Gasteiger partial charge in [-0.15, -0.1) is 0 Å². The Morgan fingerprint density at radius 3 is 2.88 bits per heavy atom. The van der Waals surface area contributed by atoms with Gasteiger partial charge in [-0.05, 0) is 4.40 Å². The molecule has 0 fully saturated rings. The van der Waals surface area contributed by atoms with Gasteiger partial charge in [0.1, 0.15) is 5.75 Å². The van der Waals surface area contributed by atoms with E-state index in [1.165, 1.54) is 0 Å². The molecule has 0 aromatic rings. The lowest BCUT2D eigenvalue weighted by molar-refractivity contribution is 0.592. The number of nitrogens with zero attached hydrogens (tertiary/aromatic N) is 1. The highest BCUT2D eigenvalue weighted by molar-refractivity contribution is 7.90. The van der Waals surface area contributed by atoms with Gasteiger partial charge < -0.3 is 10.3 Å². The van der Waals surface area contributed by atoms with Gasteiger partial charge in [0, 0.05) is 12.8 Å². The van der Waals surface area contributed by atoms with Crippen molar-refractivity contribution < 1.29 is 4.55 Å². The van der Waals surface area contributed by atoms with Crippen molar-refractivity contribution in [3.05, 3.63) is 0 Å². The van der Waals surface area contributed by atoms with Gasteiger partial charge in [0.25, 0.3) is 0 Å². The van der Waals surface area contributed by atoms with Crippen molar-refractivity contribution in [2.24, 2.45) is 10.1 Å². The van der Waals surface area contributed by atoms with Crippen LogP contribution in [0.15, 0.2) is 4.40 Å². The second kappa shape index (κ2) is 2.37. The largest absolute Gasteiger partial charge is 0.591 e. The van der Waals surface area contributed by atoms with Gasteiger partial charge >= 0.3 is 0 Å². The Morgan fingerprint density at radius 1 is 1.75 bits per heavy atom. The van der Waals surface area contributed by atoms with Crippen LogP contribution in [-0.4, -0.2) is 16.1 Å². The summed E-state index contributed by atoms with van der Waals surface area (Å²) in [6.45, 7) is 0. The zero-order valence-corrected chi connectivity index (χ0v) is 5.28. The van der Waals surface area contributed by atoms with Crippen molar-refractivity contribution in [2.45, 2.75) is 12.8 Å². The molecular weight excluding hydrogens is 124 g/mol. The number of amidine groups is 1. The van der Waals surface area contributed by atoms with Crippen LogP contribution in [0.5, 0.6) is 0 Å². The Hall–Kier alpha value is -0.220. The number of hydrogen-bond acceptors (Lipinski definition) is 3. The minimum absolute atomic E-state index is 0.537. The smallest absolute Gasteiger partial charge is 0.151 e. The zero-order valence-electron chi connectivity index (χ0n) is 4.46. The van der Waals surface area contributed by atoms with Gasteiger partial charge in [0.2, 0.25) is 0 Å².